The van der Waals surface area contributed by atoms with Gasteiger partial charge in [0.2, 0.25) is 5.78 Å². The minimum Gasteiger partial charge on any atom is -1.00 e. The molecule has 5 heteroatoms. The summed E-state index contributed by atoms with van der Waals surface area (Å²) >= 11 is 3.38. The smallest absolute Gasteiger partial charge is 0.287 e. The standard InChI is InChI=1S/C20H18BrN2O.BrH/c1-14-3-8-18(15(2)11-14)19-9-10-23(13-22-19)12-20(24)16-4-6-17(21)7-5-16;/h3-11,13H,12H2,1-2H3;1H/q+1;/p-1. The number of hydrogen-bond donors (Lipinski definition) is 0. The number of Topliss-reactive ketones (excluding diaryl/α,β-unsaturated/α-hetero) is 1. The van der Waals surface area contributed by atoms with E-state index < -0.39 is 0 Å². The van der Waals surface area contributed by atoms with E-state index in [4.69, 9.17) is 0 Å². The molecular weight excluding hydrogens is 444 g/mol. The SMILES string of the molecule is Cc1ccc(-c2cc[n+](CC(=O)c3ccc(Br)cc3)cn2)c(C)c1.[Br-]. The first-order chi connectivity index (χ1) is 11.5. The molecule has 0 radical (unpaired) electrons. The first-order valence-corrected chi connectivity index (χ1v) is 8.54. The van der Waals surface area contributed by atoms with Crippen LogP contribution in [0.4, 0.5) is 0 Å². The number of nitrogens with zero attached hydrogens (tertiary/aromatic N) is 2. The minimum atomic E-state index is 0. The van der Waals surface area contributed by atoms with E-state index >= 15 is 0 Å². The molecule has 1 aromatic heterocycles. The van der Waals surface area contributed by atoms with Crippen LogP contribution in [0, 0.1) is 13.8 Å². The fourth-order valence-corrected chi connectivity index (χ4v) is 2.90. The molecule has 0 bridgehead atoms. The lowest BCUT2D eigenvalue weighted by atomic mass is 10.0. The molecule has 3 nitrogen and oxygen atoms in total. The highest BCUT2D eigenvalue weighted by atomic mass is 79.9. The number of carbonyl (C=O) groups is 1. The van der Waals surface area contributed by atoms with Crippen molar-refractivity contribution in [1.82, 2.24) is 4.98 Å². The number of aromatic nitrogens is 2. The lowest BCUT2D eigenvalue weighted by Gasteiger charge is -2.04. The number of hydrogen-bond acceptors (Lipinski definition) is 2. The van der Waals surface area contributed by atoms with Crippen LogP contribution >= 0.6 is 15.9 Å². The molecule has 0 aliphatic heterocycles. The van der Waals surface area contributed by atoms with Gasteiger partial charge in [-0.3, -0.25) is 4.79 Å². The van der Waals surface area contributed by atoms with Gasteiger partial charge < -0.3 is 17.0 Å². The van der Waals surface area contributed by atoms with E-state index in [1.807, 2.05) is 36.5 Å². The van der Waals surface area contributed by atoms with Crippen LogP contribution in [0.15, 0.2) is 65.5 Å². The topological polar surface area (TPSA) is 33.8 Å². The summed E-state index contributed by atoms with van der Waals surface area (Å²) in [5.74, 6) is 0.0635. The summed E-state index contributed by atoms with van der Waals surface area (Å²) in [4.78, 5) is 16.8. The Balaban J connectivity index is 0.00000225. The van der Waals surface area contributed by atoms with Crippen molar-refractivity contribution >= 4 is 21.7 Å². The Morgan fingerprint density at radius 1 is 1.08 bits per heavy atom. The zero-order chi connectivity index (χ0) is 17.1. The lowest BCUT2D eigenvalue weighted by Crippen LogP contribution is -3.00. The number of carbonyl (C=O) groups excluding carboxylic acids is 1. The summed E-state index contributed by atoms with van der Waals surface area (Å²) in [5.41, 5.74) is 5.17. The van der Waals surface area contributed by atoms with Crippen LogP contribution in [-0.4, -0.2) is 10.8 Å². The molecular formula is C20H18Br2N2O. The molecule has 0 saturated heterocycles. The molecule has 0 saturated carbocycles. The van der Waals surface area contributed by atoms with Gasteiger partial charge in [-0.25, -0.2) is 4.57 Å². The average Bonchev–Trinajstić information content (AvgIpc) is 2.56. The molecule has 0 amide bonds. The van der Waals surface area contributed by atoms with Crippen molar-refractivity contribution in [3.8, 4) is 11.3 Å². The Morgan fingerprint density at radius 3 is 2.40 bits per heavy atom. The number of ketones is 1. The summed E-state index contributed by atoms with van der Waals surface area (Å²) in [6, 6.07) is 15.7. The van der Waals surface area contributed by atoms with Gasteiger partial charge in [0.1, 0.15) is 0 Å². The van der Waals surface area contributed by atoms with Gasteiger partial charge in [-0.05, 0) is 36.5 Å². The Bertz CT molecular complexity index is 875. The highest BCUT2D eigenvalue weighted by Gasteiger charge is 2.13. The third-order valence-corrected chi connectivity index (χ3v) is 4.45. The predicted octanol–water partition coefficient (Wildman–Crippen LogP) is 1.30. The number of halogens is 2. The number of rotatable bonds is 4. The highest BCUT2D eigenvalue weighted by Crippen LogP contribution is 2.21. The first kappa shape index (κ1) is 19.5. The maximum atomic E-state index is 12.3. The van der Waals surface area contributed by atoms with Gasteiger partial charge in [0.05, 0.1) is 6.20 Å². The number of benzene rings is 2. The van der Waals surface area contributed by atoms with Crippen LogP contribution in [0.25, 0.3) is 11.3 Å². The van der Waals surface area contributed by atoms with Gasteiger partial charge in [-0.2, -0.15) is 0 Å². The Labute approximate surface area is 166 Å². The minimum absolute atomic E-state index is 0. The second-order valence-electron chi connectivity index (χ2n) is 5.87. The average molecular weight is 462 g/mol. The van der Waals surface area contributed by atoms with Crippen molar-refractivity contribution in [2.75, 3.05) is 0 Å². The Morgan fingerprint density at radius 2 is 1.80 bits per heavy atom. The Kier molecular flexibility index (Phi) is 6.62. The van der Waals surface area contributed by atoms with E-state index in [9.17, 15) is 4.79 Å². The van der Waals surface area contributed by atoms with Crippen molar-refractivity contribution in [3.05, 3.63) is 82.2 Å². The fraction of sp³-hybridized carbons (Fsp3) is 0.150. The maximum Gasteiger partial charge on any atom is 0.287 e. The van der Waals surface area contributed by atoms with Crippen molar-refractivity contribution in [2.24, 2.45) is 0 Å². The maximum absolute atomic E-state index is 12.3. The van der Waals surface area contributed by atoms with Gasteiger partial charge >= 0.3 is 0 Å². The third kappa shape index (κ3) is 4.83. The normalized spacial score (nSPS) is 10.2. The van der Waals surface area contributed by atoms with E-state index in [0.29, 0.717) is 5.56 Å². The third-order valence-electron chi connectivity index (χ3n) is 3.92. The first-order valence-electron chi connectivity index (χ1n) is 7.74. The van der Waals surface area contributed by atoms with Gasteiger partial charge in [0, 0.05) is 21.7 Å². The van der Waals surface area contributed by atoms with Crippen molar-refractivity contribution in [1.29, 1.82) is 0 Å². The zero-order valence-corrected chi connectivity index (χ0v) is 17.2. The fourth-order valence-electron chi connectivity index (χ4n) is 2.63. The van der Waals surface area contributed by atoms with Crippen LogP contribution in [0.2, 0.25) is 0 Å². The van der Waals surface area contributed by atoms with Crippen LogP contribution in [0.1, 0.15) is 21.5 Å². The van der Waals surface area contributed by atoms with E-state index in [2.05, 4.69) is 53.0 Å². The van der Waals surface area contributed by atoms with Crippen molar-refractivity contribution in [3.63, 3.8) is 0 Å². The summed E-state index contributed by atoms with van der Waals surface area (Å²) in [6.45, 7) is 4.45. The Hall–Kier alpha value is -1.85. The molecule has 3 rings (SSSR count). The predicted molar refractivity (Wildman–Crippen MR) is 97.8 cm³/mol. The molecule has 0 N–H and O–H groups in total. The van der Waals surface area contributed by atoms with Gasteiger partial charge in [0.15, 0.2) is 12.2 Å². The second-order valence-corrected chi connectivity index (χ2v) is 6.78. The molecule has 1 heterocycles. The van der Waals surface area contributed by atoms with Crippen molar-refractivity contribution < 1.29 is 26.3 Å². The second kappa shape index (κ2) is 8.50. The van der Waals surface area contributed by atoms with Crippen LogP contribution < -0.4 is 21.5 Å². The monoisotopic (exact) mass is 460 g/mol. The van der Waals surface area contributed by atoms with Gasteiger partial charge in [-0.15, -0.1) is 0 Å². The highest BCUT2D eigenvalue weighted by molar-refractivity contribution is 9.10. The zero-order valence-electron chi connectivity index (χ0n) is 14.0. The van der Waals surface area contributed by atoms with E-state index in [1.54, 1.807) is 10.9 Å². The lowest BCUT2D eigenvalue weighted by molar-refractivity contribution is -0.686. The van der Waals surface area contributed by atoms with E-state index in [0.717, 1.165) is 15.7 Å². The largest absolute Gasteiger partial charge is 1.00 e. The van der Waals surface area contributed by atoms with Crippen LogP contribution in [0.3, 0.4) is 0 Å². The van der Waals surface area contributed by atoms with Gasteiger partial charge in [-0.1, -0.05) is 51.8 Å². The molecule has 0 aliphatic carbocycles. The molecule has 0 spiro atoms. The van der Waals surface area contributed by atoms with E-state index in [-0.39, 0.29) is 29.3 Å². The molecule has 0 fully saturated rings. The summed E-state index contributed by atoms with van der Waals surface area (Å²) in [7, 11) is 0. The van der Waals surface area contributed by atoms with Crippen LogP contribution in [0.5, 0.6) is 0 Å². The summed E-state index contributed by atoms with van der Waals surface area (Å²) in [5, 5.41) is 0. The summed E-state index contributed by atoms with van der Waals surface area (Å²) < 4.78 is 2.77. The van der Waals surface area contributed by atoms with E-state index in [1.165, 1.54) is 11.1 Å². The molecule has 0 aliphatic rings. The van der Waals surface area contributed by atoms with Gasteiger partial charge in [0.25, 0.3) is 6.33 Å². The van der Waals surface area contributed by atoms with Crippen LogP contribution in [-0.2, 0) is 6.54 Å². The molecule has 2 aromatic carbocycles. The molecule has 128 valence electrons. The summed E-state index contributed by atoms with van der Waals surface area (Å²) in [6.07, 6.45) is 3.61. The quantitative estimate of drug-likeness (QED) is 0.433. The molecule has 25 heavy (non-hydrogen) atoms. The van der Waals surface area contributed by atoms with Crippen molar-refractivity contribution in [2.45, 2.75) is 20.4 Å². The molecule has 3 aromatic rings. The molecule has 0 unspecified atom stereocenters. The number of aryl methyl sites for hydroxylation is 2. The molecule has 0 atom stereocenters.